The number of hydrogen-bond acceptors (Lipinski definition) is 5. The SMILES string of the molecule is O=[N+]([O-])c1c(F)cc(F)cc1NCc1ccno1. The van der Waals surface area contributed by atoms with E-state index in [2.05, 4.69) is 10.5 Å². The van der Waals surface area contributed by atoms with Crippen LogP contribution in [0.2, 0.25) is 0 Å². The highest BCUT2D eigenvalue weighted by atomic mass is 19.1. The Bertz CT molecular complexity index is 572. The fourth-order valence-electron chi connectivity index (χ4n) is 1.40. The van der Waals surface area contributed by atoms with Crippen molar-refractivity contribution in [3.8, 4) is 0 Å². The third kappa shape index (κ3) is 2.42. The van der Waals surface area contributed by atoms with E-state index >= 15 is 0 Å². The van der Waals surface area contributed by atoms with E-state index in [1.54, 1.807) is 0 Å². The van der Waals surface area contributed by atoms with Gasteiger partial charge in [0, 0.05) is 18.2 Å². The van der Waals surface area contributed by atoms with Crippen LogP contribution < -0.4 is 5.32 Å². The lowest BCUT2D eigenvalue weighted by Gasteiger charge is -2.05. The first-order valence-electron chi connectivity index (χ1n) is 4.85. The molecule has 0 fully saturated rings. The predicted molar refractivity (Wildman–Crippen MR) is 56.8 cm³/mol. The van der Waals surface area contributed by atoms with Gasteiger partial charge in [-0.05, 0) is 0 Å². The number of aromatic nitrogens is 1. The van der Waals surface area contributed by atoms with Crippen molar-refractivity contribution in [3.05, 3.63) is 51.9 Å². The van der Waals surface area contributed by atoms with Gasteiger partial charge in [-0.25, -0.2) is 4.39 Å². The van der Waals surface area contributed by atoms with Gasteiger partial charge in [-0.3, -0.25) is 10.1 Å². The lowest BCUT2D eigenvalue weighted by Crippen LogP contribution is -2.04. The minimum absolute atomic E-state index is 0.0315. The molecule has 0 aliphatic heterocycles. The highest BCUT2D eigenvalue weighted by Crippen LogP contribution is 2.29. The monoisotopic (exact) mass is 255 g/mol. The standard InChI is InChI=1S/C10H7F2N3O3/c11-6-3-8(12)10(15(16)17)9(4-6)13-5-7-1-2-14-18-7/h1-4,13H,5H2. The van der Waals surface area contributed by atoms with Gasteiger partial charge in [0.25, 0.3) is 0 Å². The van der Waals surface area contributed by atoms with Crippen LogP contribution in [0.4, 0.5) is 20.2 Å². The lowest BCUT2D eigenvalue weighted by molar-refractivity contribution is -0.386. The van der Waals surface area contributed by atoms with Gasteiger partial charge in [0.1, 0.15) is 11.5 Å². The van der Waals surface area contributed by atoms with Gasteiger partial charge in [-0.2, -0.15) is 4.39 Å². The highest BCUT2D eigenvalue weighted by molar-refractivity contribution is 5.62. The first kappa shape index (κ1) is 12.0. The van der Waals surface area contributed by atoms with Gasteiger partial charge >= 0.3 is 5.69 Å². The van der Waals surface area contributed by atoms with E-state index < -0.39 is 22.2 Å². The minimum Gasteiger partial charge on any atom is -0.372 e. The van der Waals surface area contributed by atoms with E-state index in [-0.39, 0.29) is 12.2 Å². The molecule has 94 valence electrons. The number of hydrogen-bond donors (Lipinski definition) is 1. The van der Waals surface area contributed by atoms with E-state index in [1.165, 1.54) is 12.3 Å². The van der Waals surface area contributed by atoms with Gasteiger partial charge < -0.3 is 9.84 Å². The van der Waals surface area contributed by atoms with Crippen molar-refractivity contribution >= 4 is 11.4 Å². The molecule has 1 heterocycles. The molecule has 0 spiro atoms. The fraction of sp³-hybridized carbons (Fsp3) is 0.100. The first-order chi connectivity index (χ1) is 8.58. The van der Waals surface area contributed by atoms with Crippen LogP contribution in [0.1, 0.15) is 5.76 Å². The van der Waals surface area contributed by atoms with E-state index in [1.807, 2.05) is 0 Å². The van der Waals surface area contributed by atoms with Crippen LogP contribution in [0.5, 0.6) is 0 Å². The molecule has 1 aromatic carbocycles. The Labute approximate surface area is 99.4 Å². The number of nitrogens with one attached hydrogen (secondary N) is 1. The first-order valence-corrected chi connectivity index (χ1v) is 4.85. The third-order valence-corrected chi connectivity index (χ3v) is 2.16. The summed E-state index contributed by atoms with van der Waals surface area (Å²) in [5.41, 5.74) is -1.06. The maximum Gasteiger partial charge on any atom is 0.327 e. The minimum atomic E-state index is -1.24. The molecular formula is C10H7F2N3O3. The largest absolute Gasteiger partial charge is 0.372 e. The Kier molecular flexibility index (Phi) is 3.18. The Hall–Kier alpha value is -2.51. The van der Waals surface area contributed by atoms with Crippen molar-refractivity contribution in [2.75, 3.05) is 5.32 Å². The Morgan fingerprint density at radius 3 is 2.83 bits per heavy atom. The number of rotatable bonds is 4. The molecule has 2 aromatic rings. The van der Waals surface area contributed by atoms with E-state index in [9.17, 15) is 18.9 Å². The van der Waals surface area contributed by atoms with Crippen LogP contribution in [0.3, 0.4) is 0 Å². The molecule has 0 unspecified atom stereocenters. The average molecular weight is 255 g/mol. The van der Waals surface area contributed by atoms with Crippen molar-refractivity contribution in [3.63, 3.8) is 0 Å². The molecule has 0 atom stereocenters. The lowest BCUT2D eigenvalue weighted by atomic mass is 10.2. The Morgan fingerprint density at radius 2 is 2.22 bits per heavy atom. The van der Waals surface area contributed by atoms with Crippen LogP contribution >= 0.6 is 0 Å². The van der Waals surface area contributed by atoms with Crippen LogP contribution in [0.15, 0.2) is 28.9 Å². The molecule has 1 aromatic heterocycles. The van der Waals surface area contributed by atoms with Crippen LogP contribution in [-0.2, 0) is 6.54 Å². The number of anilines is 1. The fourth-order valence-corrected chi connectivity index (χ4v) is 1.40. The molecular weight excluding hydrogens is 248 g/mol. The van der Waals surface area contributed by atoms with Crippen LogP contribution in [-0.4, -0.2) is 10.1 Å². The van der Waals surface area contributed by atoms with Gasteiger partial charge in [-0.15, -0.1) is 0 Å². The topological polar surface area (TPSA) is 81.2 Å². The van der Waals surface area contributed by atoms with E-state index in [0.29, 0.717) is 11.8 Å². The van der Waals surface area contributed by atoms with E-state index in [0.717, 1.165) is 6.07 Å². The summed E-state index contributed by atoms with van der Waals surface area (Å²) in [4.78, 5) is 9.76. The zero-order valence-corrected chi connectivity index (χ0v) is 8.89. The molecule has 0 bridgehead atoms. The molecule has 0 amide bonds. The normalized spacial score (nSPS) is 10.3. The van der Waals surface area contributed by atoms with Crippen molar-refractivity contribution in [1.82, 2.24) is 5.16 Å². The molecule has 2 rings (SSSR count). The Morgan fingerprint density at radius 1 is 1.44 bits per heavy atom. The van der Waals surface area contributed by atoms with Crippen molar-refractivity contribution < 1.29 is 18.2 Å². The molecule has 0 aliphatic carbocycles. The number of nitro benzene ring substituents is 1. The van der Waals surface area contributed by atoms with Crippen LogP contribution in [0.25, 0.3) is 0 Å². The zero-order chi connectivity index (χ0) is 13.1. The number of halogens is 2. The van der Waals surface area contributed by atoms with Crippen molar-refractivity contribution in [2.24, 2.45) is 0 Å². The number of benzene rings is 1. The highest BCUT2D eigenvalue weighted by Gasteiger charge is 2.21. The molecule has 18 heavy (non-hydrogen) atoms. The molecule has 1 N–H and O–H groups in total. The molecule has 0 aliphatic rings. The summed E-state index contributed by atoms with van der Waals surface area (Å²) in [5, 5.41) is 16.6. The molecule has 0 radical (unpaired) electrons. The molecule has 6 nitrogen and oxygen atoms in total. The van der Waals surface area contributed by atoms with Crippen molar-refractivity contribution in [1.29, 1.82) is 0 Å². The van der Waals surface area contributed by atoms with Gasteiger partial charge in [0.15, 0.2) is 5.76 Å². The second-order valence-electron chi connectivity index (χ2n) is 3.37. The predicted octanol–water partition coefficient (Wildman–Crippen LogP) is 2.47. The van der Waals surface area contributed by atoms with E-state index in [4.69, 9.17) is 4.52 Å². The summed E-state index contributed by atoms with van der Waals surface area (Å²) in [7, 11) is 0. The van der Waals surface area contributed by atoms with Crippen LogP contribution in [0, 0.1) is 21.7 Å². The smallest absolute Gasteiger partial charge is 0.327 e. The van der Waals surface area contributed by atoms with Crippen molar-refractivity contribution in [2.45, 2.75) is 6.54 Å². The average Bonchev–Trinajstić information content (AvgIpc) is 2.77. The number of nitrogens with zero attached hydrogens (tertiary/aromatic N) is 2. The van der Waals surface area contributed by atoms with Gasteiger partial charge in [0.2, 0.25) is 5.82 Å². The summed E-state index contributed by atoms with van der Waals surface area (Å²) >= 11 is 0. The second kappa shape index (κ2) is 4.78. The van der Waals surface area contributed by atoms with Gasteiger partial charge in [0.05, 0.1) is 17.7 Å². The summed E-state index contributed by atoms with van der Waals surface area (Å²) in [6.07, 6.45) is 1.39. The summed E-state index contributed by atoms with van der Waals surface area (Å²) in [6.45, 7) is 0.0315. The molecule has 0 saturated carbocycles. The number of nitro groups is 1. The second-order valence-corrected chi connectivity index (χ2v) is 3.37. The third-order valence-electron chi connectivity index (χ3n) is 2.16. The maximum absolute atomic E-state index is 13.3. The molecule has 0 saturated heterocycles. The maximum atomic E-state index is 13.3. The summed E-state index contributed by atoms with van der Waals surface area (Å²) in [6, 6.07) is 2.82. The molecule has 8 heteroatoms. The zero-order valence-electron chi connectivity index (χ0n) is 8.89. The summed E-state index contributed by atoms with van der Waals surface area (Å²) < 4.78 is 31.0. The Balaban J connectivity index is 2.28. The quantitative estimate of drug-likeness (QED) is 0.670. The summed E-state index contributed by atoms with van der Waals surface area (Å²) in [5.74, 6) is -1.76. The van der Waals surface area contributed by atoms with Gasteiger partial charge in [-0.1, -0.05) is 5.16 Å².